The van der Waals surface area contributed by atoms with Crippen LogP contribution in [0.25, 0.3) is 10.9 Å². The molecule has 1 aliphatic carbocycles. The van der Waals surface area contributed by atoms with Crippen LogP contribution in [0.2, 0.25) is 0 Å². The maximum absolute atomic E-state index is 13.2. The van der Waals surface area contributed by atoms with E-state index in [2.05, 4.69) is 9.97 Å². The van der Waals surface area contributed by atoms with Gasteiger partial charge in [-0.3, -0.25) is 9.69 Å². The summed E-state index contributed by atoms with van der Waals surface area (Å²) < 4.78 is 5.09. The number of thiazole rings is 1. The van der Waals surface area contributed by atoms with Gasteiger partial charge in [-0.2, -0.15) is 0 Å². The number of benzene rings is 1. The summed E-state index contributed by atoms with van der Waals surface area (Å²) in [6.07, 6.45) is 1.85. The molecule has 0 saturated heterocycles. The van der Waals surface area contributed by atoms with E-state index in [-0.39, 0.29) is 11.9 Å². The lowest BCUT2D eigenvalue weighted by Gasteiger charge is -2.19. The summed E-state index contributed by atoms with van der Waals surface area (Å²) in [5.74, 6) is -0.585. The third-order valence-corrected chi connectivity index (χ3v) is 5.54. The zero-order valence-corrected chi connectivity index (χ0v) is 16.0. The number of rotatable bonds is 5. The lowest BCUT2D eigenvalue weighted by molar-refractivity contribution is 0.0531. The second-order valence-corrected chi connectivity index (χ2v) is 7.40. The van der Waals surface area contributed by atoms with Crippen molar-refractivity contribution < 1.29 is 14.3 Å². The highest BCUT2D eigenvalue weighted by Crippen LogP contribution is 2.36. The molecule has 2 aromatic heterocycles. The van der Waals surface area contributed by atoms with Crippen molar-refractivity contribution >= 4 is 39.2 Å². The normalized spacial score (nSPS) is 13.6. The van der Waals surface area contributed by atoms with E-state index in [4.69, 9.17) is 4.74 Å². The minimum absolute atomic E-state index is 0.103. The van der Waals surface area contributed by atoms with Crippen LogP contribution in [0, 0.1) is 6.92 Å². The Balaban J connectivity index is 1.69. The molecule has 1 aliphatic rings. The summed E-state index contributed by atoms with van der Waals surface area (Å²) in [5, 5.41) is 1.51. The van der Waals surface area contributed by atoms with Crippen LogP contribution in [-0.2, 0) is 4.74 Å². The number of hydrogen-bond donors (Lipinski definition) is 0. The molecule has 0 spiro atoms. The first kappa shape index (κ1) is 17.6. The summed E-state index contributed by atoms with van der Waals surface area (Å²) in [7, 11) is 0. The van der Waals surface area contributed by atoms with Gasteiger partial charge in [0.05, 0.1) is 17.8 Å². The molecule has 6 nitrogen and oxygen atoms in total. The highest BCUT2D eigenvalue weighted by molar-refractivity contribution is 7.17. The molecule has 1 amide bonds. The van der Waals surface area contributed by atoms with Crippen LogP contribution >= 0.6 is 11.3 Å². The Labute approximate surface area is 160 Å². The first-order valence-electron chi connectivity index (χ1n) is 8.92. The smallest absolute Gasteiger partial charge is 0.350 e. The molecule has 0 aliphatic heterocycles. The van der Waals surface area contributed by atoms with Gasteiger partial charge < -0.3 is 4.74 Å². The Morgan fingerprint density at radius 1 is 1.19 bits per heavy atom. The number of esters is 1. The van der Waals surface area contributed by atoms with Crippen LogP contribution in [-0.4, -0.2) is 34.5 Å². The fourth-order valence-electron chi connectivity index (χ4n) is 2.92. The van der Waals surface area contributed by atoms with Crippen LogP contribution in [0.1, 0.15) is 45.6 Å². The third-order valence-electron chi connectivity index (χ3n) is 4.40. The number of nitrogens with zero attached hydrogens (tertiary/aromatic N) is 3. The number of para-hydroxylation sites is 1. The maximum atomic E-state index is 13.2. The van der Waals surface area contributed by atoms with Crippen molar-refractivity contribution in [1.29, 1.82) is 0 Å². The molecule has 0 N–H and O–H groups in total. The average molecular weight is 381 g/mol. The van der Waals surface area contributed by atoms with E-state index >= 15 is 0 Å². The highest BCUT2D eigenvalue weighted by atomic mass is 32.1. The molecule has 27 heavy (non-hydrogen) atoms. The van der Waals surface area contributed by atoms with Crippen molar-refractivity contribution in [3.05, 3.63) is 52.7 Å². The molecular weight excluding hydrogens is 362 g/mol. The summed E-state index contributed by atoms with van der Waals surface area (Å²) in [5.41, 5.74) is 1.74. The zero-order valence-electron chi connectivity index (χ0n) is 15.1. The minimum Gasteiger partial charge on any atom is -0.462 e. The molecule has 4 rings (SSSR count). The zero-order chi connectivity index (χ0) is 19.0. The van der Waals surface area contributed by atoms with Gasteiger partial charge >= 0.3 is 5.97 Å². The fourth-order valence-corrected chi connectivity index (χ4v) is 3.95. The third kappa shape index (κ3) is 3.42. The molecule has 1 fully saturated rings. The van der Waals surface area contributed by atoms with E-state index < -0.39 is 5.97 Å². The van der Waals surface area contributed by atoms with Crippen LogP contribution in [0.15, 0.2) is 36.4 Å². The van der Waals surface area contributed by atoms with E-state index in [0.717, 1.165) is 23.7 Å². The SMILES string of the molecule is CCOC(=O)c1sc(N(C(=O)c2ccc3ccccc3n2)C2CC2)nc1C. The Morgan fingerprint density at radius 2 is 1.96 bits per heavy atom. The minimum atomic E-state index is -0.397. The van der Waals surface area contributed by atoms with E-state index in [0.29, 0.717) is 28.0 Å². The number of aryl methyl sites for hydroxylation is 1. The Kier molecular flexibility index (Phi) is 4.61. The number of carbonyl (C=O) groups excluding carboxylic acids is 2. The van der Waals surface area contributed by atoms with Crippen LogP contribution in [0.5, 0.6) is 0 Å². The predicted octanol–water partition coefficient (Wildman–Crippen LogP) is 3.99. The van der Waals surface area contributed by atoms with E-state index in [1.54, 1.807) is 24.8 Å². The van der Waals surface area contributed by atoms with Crippen LogP contribution in [0.3, 0.4) is 0 Å². The van der Waals surface area contributed by atoms with Crippen molar-refractivity contribution in [3.8, 4) is 0 Å². The average Bonchev–Trinajstić information content (AvgIpc) is 3.43. The topological polar surface area (TPSA) is 72.4 Å². The van der Waals surface area contributed by atoms with Gasteiger partial charge in [-0.1, -0.05) is 35.6 Å². The summed E-state index contributed by atoms with van der Waals surface area (Å²) in [4.78, 5) is 36.4. The Bertz CT molecular complexity index is 1030. The van der Waals surface area contributed by atoms with Gasteiger partial charge in [0.2, 0.25) is 0 Å². The highest BCUT2D eigenvalue weighted by Gasteiger charge is 2.37. The number of aromatic nitrogens is 2. The van der Waals surface area contributed by atoms with Crippen LogP contribution < -0.4 is 4.90 Å². The Hall–Kier alpha value is -2.80. The fraction of sp³-hybridized carbons (Fsp3) is 0.300. The molecule has 0 unspecified atom stereocenters. The standard InChI is InChI=1S/C20H19N3O3S/c1-3-26-19(25)17-12(2)21-20(27-17)23(14-9-10-14)18(24)16-11-8-13-6-4-5-7-15(13)22-16/h4-8,11,14H,3,9-10H2,1-2H3. The quantitative estimate of drug-likeness (QED) is 0.625. The monoisotopic (exact) mass is 381 g/mol. The number of amides is 1. The number of anilines is 1. The first-order chi connectivity index (χ1) is 13.1. The van der Waals surface area contributed by atoms with Crippen molar-refractivity contribution in [3.63, 3.8) is 0 Å². The summed E-state index contributed by atoms with van der Waals surface area (Å²) in [6, 6.07) is 11.4. The second kappa shape index (κ2) is 7.08. The lowest BCUT2D eigenvalue weighted by atomic mass is 10.2. The summed E-state index contributed by atoms with van der Waals surface area (Å²) >= 11 is 1.20. The molecule has 0 bridgehead atoms. The van der Waals surface area contributed by atoms with Gasteiger partial charge in [0, 0.05) is 11.4 Å². The van der Waals surface area contributed by atoms with Gasteiger partial charge in [0.15, 0.2) is 5.13 Å². The van der Waals surface area contributed by atoms with Crippen molar-refractivity contribution in [2.24, 2.45) is 0 Å². The number of fused-ring (bicyclic) bond motifs is 1. The molecule has 2 heterocycles. The molecular formula is C20H19N3O3S. The van der Waals surface area contributed by atoms with Crippen molar-refractivity contribution in [1.82, 2.24) is 9.97 Å². The van der Waals surface area contributed by atoms with Gasteiger partial charge in [0.1, 0.15) is 10.6 Å². The molecule has 138 valence electrons. The number of ether oxygens (including phenoxy) is 1. The molecule has 1 saturated carbocycles. The van der Waals surface area contributed by atoms with E-state index in [1.165, 1.54) is 11.3 Å². The van der Waals surface area contributed by atoms with Gasteiger partial charge in [0.25, 0.3) is 5.91 Å². The molecule has 0 atom stereocenters. The molecule has 7 heteroatoms. The lowest BCUT2D eigenvalue weighted by Crippen LogP contribution is -2.33. The Morgan fingerprint density at radius 3 is 2.70 bits per heavy atom. The number of hydrogen-bond acceptors (Lipinski definition) is 6. The van der Waals surface area contributed by atoms with Crippen molar-refractivity contribution in [2.75, 3.05) is 11.5 Å². The summed E-state index contributed by atoms with van der Waals surface area (Å²) in [6.45, 7) is 3.83. The van der Waals surface area contributed by atoms with Gasteiger partial charge in [-0.25, -0.2) is 14.8 Å². The van der Waals surface area contributed by atoms with E-state index in [1.807, 2.05) is 30.3 Å². The molecule has 0 radical (unpaired) electrons. The number of pyridine rings is 1. The van der Waals surface area contributed by atoms with Crippen LogP contribution in [0.4, 0.5) is 5.13 Å². The predicted molar refractivity (Wildman–Crippen MR) is 104 cm³/mol. The number of carbonyl (C=O) groups is 2. The van der Waals surface area contributed by atoms with Gasteiger partial charge in [-0.05, 0) is 38.8 Å². The maximum Gasteiger partial charge on any atom is 0.350 e. The second-order valence-electron chi connectivity index (χ2n) is 6.43. The largest absolute Gasteiger partial charge is 0.462 e. The molecule has 1 aromatic carbocycles. The molecule has 3 aromatic rings. The van der Waals surface area contributed by atoms with E-state index in [9.17, 15) is 9.59 Å². The van der Waals surface area contributed by atoms with Gasteiger partial charge in [-0.15, -0.1) is 0 Å². The first-order valence-corrected chi connectivity index (χ1v) is 9.74. The van der Waals surface area contributed by atoms with Crippen molar-refractivity contribution in [2.45, 2.75) is 32.7 Å².